The highest BCUT2D eigenvalue weighted by Gasteiger charge is 2.18. The Morgan fingerprint density at radius 3 is 3.21 bits per heavy atom. The second kappa shape index (κ2) is 6.56. The number of hydrogen-bond acceptors (Lipinski definition) is 3. The maximum absolute atomic E-state index is 11.9. The Bertz CT molecular complexity index is 494. The third kappa shape index (κ3) is 3.96. The molecular weight excluding hydrogens is 310 g/mol. The minimum Gasteiger partial charge on any atom is -0.507 e. The molecule has 1 unspecified atom stereocenters. The topological polar surface area (TPSA) is 67.2 Å². The second-order valence-corrected chi connectivity index (χ2v) is 5.51. The first kappa shape index (κ1) is 13.9. The summed E-state index contributed by atoms with van der Waals surface area (Å²) in [4.78, 5) is 16.0. The minimum absolute atomic E-state index is 0.0582. The molecule has 6 heteroatoms. The lowest BCUT2D eigenvalue weighted by Crippen LogP contribution is -2.28. The fourth-order valence-corrected chi connectivity index (χ4v) is 2.29. The van der Waals surface area contributed by atoms with Crippen LogP contribution in [0.1, 0.15) is 12.8 Å². The molecule has 2 rings (SSSR count). The fourth-order valence-electron chi connectivity index (χ4n) is 1.84. The van der Waals surface area contributed by atoms with Crippen molar-refractivity contribution in [3.05, 3.63) is 42.2 Å². The van der Waals surface area contributed by atoms with Gasteiger partial charge in [0, 0.05) is 30.3 Å². The number of hydrogen-bond donors (Lipinski definition) is 2. The van der Waals surface area contributed by atoms with Crippen LogP contribution in [0.15, 0.2) is 42.2 Å². The summed E-state index contributed by atoms with van der Waals surface area (Å²) in [6.45, 7) is 1.37. The lowest BCUT2D eigenvalue weighted by Gasteiger charge is -2.14. The summed E-state index contributed by atoms with van der Waals surface area (Å²) in [6.07, 6.45) is 10.3. The number of carbonyl (C=O) groups excluding carboxylic acids is 1. The highest BCUT2D eigenvalue weighted by molar-refractivity contribution is 9.09. The van der Waals surface area contributed by atoms with E-state index in [1.54, 1.807) is 24.7 Å². The molecule has 1 heterocycles. The Kier molecular flexibility index (Phi) is 4.79. The number of aromatic nitrogens is 2. The van der Waals surface area contributed by atoms with Gasteiger partial charge in [0.2, 0.25) is 0 Å². The molecule has 0 spiro atoms. The maximum Gasteiger partial charge on any atom is 0.254 e. The molecule has 102 valence electrons. The molecule has 1 aliphatic rings. The first-order chi connectivity index (χ1) is 9.16. The molecule has 0 aliphatic heterocycles. The Morgan fingerprint density at radius 1 is 1.63 bits per heavy atom. The van der Waals surface area contributed by atoms with E-state index >= 15 is 0 Å². The van der Waals surface area contributed by atoms with Gasteiger partial charge in [-0.05, 0) is 18.9 Å². The monoisotopic (exact) mass is 325 g/mol. The average Bonchev–Trinajstić information content (AvgIpc) is 2.90. The zero-order chi connectivity index (χ0) is 13.7. The van der Waals surface area contributed by atoms with Crippen LogP contribution in [0.5, 0.6) is 0 Å². The Morgan fingerprint density at radius 2 is 2.47 bits per heavy atom. The molecule has 1 aliphatic carbocycles. The molecule has 0 radical (unpaired) electrons. The number of aliphatic hydroxyl groups excluding tert-OH is 1. The molecule has 0 bridgehead atoms. The number of amides is 1. The standard InChI is InChI=1S/C13H16BrN3O2/c14-10-2-3-12(18)11(8-10)13(19)16-4-1-6-17-7-5-15-9-17/h3,5,7-10,18H,1-2,4,6H2,(H,16,19). The van der Waals surface area contributed by atoms with Gasteiger partial charge in [0.15, 0.2) is 0 Å². The van der Waals surface area contributed by atoms with E-state index < -0.39 is 0 Å². The van der Waals surface area contributed by atoms with Crippen LogP contribution in [0, 0.1) is 0 Å². The molecular formula is C13H16BrN3O2. The van der Waals surface area contributed by atoms with Gasteiger partial charge < -0.3 is 15.0 Å². The van der Waals surface area contributed by atoms with Gasteiger partial charge in [-0.3, -0.25) is 4.79 Å². The summed E-state index contributed by atoms with van der Waals surface area (Å²) in [5.41, 5.74) is 0.343. The van der Waals surface area contributed by atoms with Crippen LogP contribution in [-0.4, -0.2) is 31.9 Å². The number of halogens is 1. The van der Waals surface area contributed by atoms with Gasteiger partial charge in [-0.15, -0.1) is 0 Å². The summed E-state index contributed by atoms with van der Waals surface area (Å²) >= 11 is 3.41. The van der Waals surface area contributed by atoms with Crippen molar-refractivity contribution in [3.63, 3.8) is 0 Å². The number of alkyl halides is 1. The molecule has 0 fully saturated rings. The zero-order valence-corrected chi connectivity index (χ0v) is 12.0. The van der Waals surface area contributed by atoms with Crippen molar-refractivity contribution in [2.75, 3.05) is 6.54 Å². The van der Waals surface area contributed by atoms with Crippen molar-refractivity contribution in [3.8, 4) is 0 Å². The molecule has 5 nitrogen and oxygen atoms in total. The van der Waals surface area contributed by atoms with Gasteiger partial charge in [-0.25, -0.2) is 4.98 Å². The zero-order valence-electron chi connectivity index (χ0n) is 10.4. The van der Waals surface area contributed by atoms with E-state index in [2.05, 4.69) is 26.2 Å². The van der Waals surface area contributed by atoms with Crippen molar-refractivity contribution in [2.24, 2.45) is 0 Å². The van der Waals surface area contributed by atoms with E-state index in [1.165, 1.54) is 0 Å². The summed E-state index contributed by atoms with van der Waals surface area (Å²) in [6, 6.07) is 0. The lowest BCUT2D eigenvalue weighted by atomic mass is 10.0. The van der Waals surface area contributed by atoms with Gasteiger partial charge in [-0.1, -0.05) is 22.0 Å². The Labute approximate surface area is 120 Å². The van der Waals surface area contributed by atoms with Crippen LogP contribution in [0.25, 0.3) is 0 Å². The molecule has 1 aromatic rings. The number of nitrogens with one attached hydrogen (secondary N) is 1. The maximum atomic E-state index is 11.9. The highest BCUT2D eigenvalue weighted by atomic mass is 79.9. The van der Waals surface area contributed by atoms with Crippen LogP contribution in [0.2, 0.25) is 0 Å². The summed E-state index contributed by atoms with van der Waals surface area (Å²) in [5, 5.41) is 12.5. The average molecular weight is 326 g/mol. The first-order valence-electron chi connectivity index (χ1n) is 6.16. The largest absolute Gasteiger partial charge is 0.507 e. The van der Waals surface area contributed by atoms with Crippen molar-refractivity contribution in [1.29, 1.82) is 0 Å². The van der Waals surface area contributed by atoms with E-state index in [4.69, 9.17) is 0 Å². The van der Waals surface area contributed by atoms with E-state index in [0.29, 0.717) is 18.5 Å². The van der Waals surface area contributed by atoms with Crippen molar-refractivity contribution in [1.82, 2.24) is 14.9 Å². The smallest absolute Gasteiger partial charge is 0.254 e. The van der Waals surface area contributed by atoms with Gasteiger partial charge in [0.25, 0.3) is 5.91 Å². The molecule has 0 saturated heterocycles. The van der Waals surface area contributed by atoms with Crippen molar-refractivity contribution in [2.45, 2.75) is 24.2 Å². The second-order valence-electron chi connectivity index (χ2n) is 4.33. The number of rotatable bonds is 5. The molecule has 19 heavy (non-hydrogen) atoms. The fraction of sp³-hybridized carbons (Fsp3) is 0.385. The molecule has 1 amide bonds. The van der Waals surface area contributed by atoms with Gasteiger partial charge in [0.1, 0.15) is 5.76 Å². The number of aliphatic hydroxyl groups is 1. The van der Waals surface area contributed by atoms with E-state index in [-0.39, 0.29) is 16.5 Å². The molecule has 0 saturated carbocycles. The van der Waals surface area contributed by atoms with Crippen LogP contribution in [0.3, 0.4) is 0 Å². The summed E-state index contributed by atoms with van der Waals surface area (Å²) < 4.78 is 1.96. The van der Waals surface area contributed by atoms with Gasteiger partial charge in [0.05, 0.1) is 11.9 Å². The van der Waals surface area contributed by atoms with Crippen LogP contribution in [-0.2, 0) is 11.3 Å². The van der Waals surface area contributed by atoms with Crippen molar-refractivity contribution >= 4 is 21.8 Å². The molecule has 2 N–H and O–H groups in total. The van der Waals surface area contributed by atoms with Crippen LogP contribution >= 0.6 is 15.9 Å². The third-order valence-electron chi connectivity index (χ3n) is 2.84. The number of allylic oxidation sites excluding steroid dienone is 2. The van der Waals surface area contributed by atoms with Crippen LogP contribution < -0.4 is 5.32 Å². The van der Waals surface area contributed by atoms with E-state index in [0.717, 1.165) is 13.0 Å². The molecule has 0 aromatic carbocycles. The summed E-state index contributed by atoms with van der Waals surface area (Å²) in [5.74, 6) is -0.175. The SMILES string of the molecule is O=C(NCCCn1ccnc1)C1=CC(Br)CC=C1O. The highest BCUT2D eigenvalue weighted by Crippen LogP contribution is 2.21. The third-order valence-corrected chi connectivity index (χ3v) is 3.48. The number of carbonyl (C=O) groups is 1. The Hall–Kier alpha value is -1.56. The molecule has 1 atom stereocenters. The van der Waals surface area contributed by atoms with Gasteiger partial charge >= 0.3 is 0 Å². The lowest BCUT2D eigenvalue weighted by molar-refractivity contribution is -0.117. The first-order valence-corrected chi connectivity index (χ1v) is 7.07. The van der Waals surface area contributed by atoms with Gasteiger partial charge in [-0.2, -0.15) is 0 Å². The van der Waals surface area contributed by atoms with Crippen molar-refractivity contribution < 1.29 is 9.90 Å². The summed E-state index contributed by atoms with van der Waals surface area (Å²) in [7, 11) is 0. The quantitative estimate of drug-likeness (QED) is 0.642. The minimum atomic E-state index is -0.233. The Balaban J connectivity index is 1.76. The van der Waals surface area contributed by atoms with Crippen LogP contribution in [0.4, 0.5) is 0 Å². The predicted molar refractivity (Wildman–Crippen MR) is 76.0 cm³/mol. The number of aryl methyl sites for hydroxylation is 1. The molecule has 1 aromatic heterocycles. The number of imidazole rings is 1. The van der Waals surface area contributed by atoms with E-state index in [1.807, 2.05) is 10.8 Å². The normalized spacial score (nSPS) is 18.7. The number of nitrogens with zero attached hydrogens (tertiary/aromatic N) is 2. The predicted octanol–water partition coefficient (Wildman–Crippen LogP) is 1.92. The van der Waals surface area contributed by atoms with E-state index in [9.17, 15) is 9.90 Å².